The zero-order chi connectivity index (χ0) is 11.7. The Labute approximate surface area is 100 Å². The van der Waals surface area contributed by atoms with Gasteiger partial charge in [-0.1, -0.05) is 30.3 Å². The lowest BCUT2D eigenvalue weighted by Crippen LogP contribution is -2.26. The van der Waals surface area contributed by atoms with Gasteiger partial charge >= 0.3 is 0 Å². The molecule has 0 bridgehead atoms. The molecule has 0 amide bonds. The van der Waals surface area contributed by atoms with Crippen LogP contribution in [-0.2, 0) is 17.6 Å². The fourth-order valence-electron chi connectivity index (χ4n) is 2.37. The van der Waals surface area contributed by atoms with Gasteiger partial charge in [-0.15, -0.1) is 0 Å². The summed E-state index contributed by atoms with van der Waals surface area (Å²) in [4.78, 5) is 16.2. The number of Topliss-reactive ketones (excluding diaryl/α,β-unsaturated/α-hetero) is 1. The molecule has 1 heterocycles. The summed E-state index contributed by atoms with van der Waals surface area (Å²) in [6, 6.07) is 12.0. The molecule has 1 atom stereocenters. The zero-order valence-electron chi connectivity index (χ0n) is 9.47. The molecule has 0 aliphatic heterocycles. The minimum Gasteiger partial charge on any atom is -0.299 e. The highest BCUT2D eigenvalue weighted by Crippen LogP contribution is 2.35. The first-order chi connectivity index (χ1) is 8.34. The standard InChI is InChI=1S/C15H13NO/c17-15(8-11-4-3-7-16-10-11)14-9-12-5-1-2-6-13(12)14/h1-7,10,14H,8-9H2. The maximum absolute atomic E-state index is 12.1. The van der Waals surface area contributed by atoms with E-state index in [1.807, 2.05) is 24.3 Å². The number of carbonyl (C=O) groups is 1. The van der Waals surface area contributed by atoms with Crippen LogP contribution >= 0.6 is 0 Å². The van der Waals surface area contributed by atoms with Gasteiger partial charge in [0.05, 0.1) is 0 Å². The summed E-state index contributed by atoms with van der Waals surface area (Å²) in [5, 5.41) is 0. The molecule has 2 nitrogen and oxygen atoms in total. The molecular formula is C15H13NO. The van der Waals surface area contributed by atoms with Crippen molar-refractivity contribution in [2.75, 3.05) is 0 Å². The molecule has 0 saturated carbocycles. The SMILES string of the molecule is O=C(Cc1cccnc1)C1Cc2ccccc21. The van der Waals surface area contributed by atoms with Crippen LogP contribution in [0.4, 0.5) is 0 Å². The Balaban J connectivity index is 1.74. The number of rotatable bonds is 3. The molecule has 1 unspecified atom stereocenters. The summed E-state index contributed by atoms with van der Waals surface area (Å²) in [7, 11) is 0. The molecule has 0 radical (unpaired) electrons. The molecule has 2 aromatic rings. The molecule has 1 aliphatic rings. The minimum atomic E-state index is 0.103. The monoisotopic (exact) mass is 223 g/mol. The van der Waals surface area contributed by atoms with E-state index in [0.29, 0.717) is 12.2 Å². The second-order valence-corrected chi connectivity index (χ2v) is 4.46. The van der Waals surface area contributed by atoms with Crippen molar-refractivity contribution in [2.45, 2.75) is 18.8 Å². The molecule has 0 spiro atoms. The molecule has 17 heavy (non-hydrogen) atoms. The van der Waals surface area contributed by atoms with Crippen molar-refractivity contribution in [3.63, 3.8) is 0 Å². The molecular weight excluding hydrogens is 210 g/mol. The van der Waals surface area contributed by atoms with Gasteiger partial charge < -0.3 is 0 Å². The first kappa shape index (κ1) is 10.2. The van der Waals surface area contributed by atoms with Crippen LogP contribution in [0.25, 0.3) is 0 Å². The van der Waals surface area contributed by atoms with Crippen LogP contribution in [0.2, 0.25) is 0 Å². The molecule has 84 valence electrons. The smallest absolute Gasteiger partial charge is 0.145 e. The Bertz CT molecular complexity index is 548. The maximum atomic E-state index is 12.1. The lowest BCUT2D eigenvalue weighted by Gasteiger charge is -2.28. The molecule has 1 aliphatic carbocycles. The van der Waals surface area contributed by atoms with Gasteiger partial charge in [0.25, 0.3) is 0 Å². The third-order valence-corrected chi connectivity index (χ3v) is 3.34. The Morgan fingerprint density at radius 3 is 2.88 bits per heavy atom. The number of pyridine rings is 1. The van der Waals surface area contributed by atoms with E-state index in [4.69, 9.17) is 0 Å². The van der Waals surface area contributed by atoms with Crippen molar-refractivity contribution >= 4 is 5.78 Å². The number of benzene rings is 1. The van der Waals surface area contributed by atoms with Gasteiger partial charge in [0.15, 0.2) is 0 Å². The molecule has 0 fully saturated rings. The first-order valence-corrected chi connectivity index (χ1v) is 5.84. The van der Waals surface area contributed by atoms with Gasteiger partial charge in [-0.2, -0.15) is 0 Å². The van der Waals surface area contributed by atoms with Gasteiger partial charge in [-0.3, -0.25) is 9.78 Å². The zero-order valence-corrected chi connectivity index (χ0v) is 9.47. The second-order valence-electron chi connectivity index (χ2n) is 4.46. The van der Waals surface area contributed by atoms with Crippen LogP contribution in [0.1, 0.15) is 22.6 Å². The summed E-state index contributed by atoms with van der Waals surface area (Å²) in [5.41, 5.74) is 3.53. The Morgan fingerprint density at radius 1 is 1.24 bits per heavy atom. The Morgan fingerprint density at radius 2 is 2.12 bits per heavy atom. The van der Waals surface area contributed by atoms with Gasteiger partial charge in [0, 0.05) is 24.7 Å². The van der Waals surface area contributed by atoms with Crippen molar-refractivity contribution in [1.29, 1.82) is 0 Å². The average molecular weight is 223 g/mol. The van der Waals surface area contributed by atoms with E-state index in [9.17, 15) is 4.79 Å². The predicted octanol–water partition coefficient (Wildman–Crippen LogP) is 2.53. The predicted molar refractivity (Wildman–Crippen MR) is 65.8 cm³/mol. The van der Waals surface area contributed by atoms with Crippen molar-refractivity contribution in [2.24, 2.45) is 0 Å². The van der Waals surface area contributed by atoms with Crippen molar-refractivity contribution in [1.82, 2.24) is 4.98 Å². The van der Waals surface area contributed by atoms with E-state index < -0.39 is 0 Å². The number of hydrogen-bond donors (Lipinski definition) is 0. The highest BCUT2D eigenvalue weighted by atomic mass is 16.1. The average Bonchev–Trinajstić information content (AvgIpc) is 2.32. The fraction of sp³-hybridized carbons (Fsp3) is 0.200. The highest BCUT2D eigenvalue weighted by molar-refractivity contribution is 5.90. The summed E-state index contributed by atoms with van der Waals surface area (Å²) in [6.07, 6.45) is 4.89. The third kappa shape index (κ3) is 1.86. The van der Waals surface area contributed by atoms with Gasteiger partial charge in [-0.05, 0) is 29.2 Å². The van der Waals surface area contributed by atoms with E-state index in [0.717, 1.165) is 12.0 Å². The summed E-state index contributed by atoms with van der Waals surface area (Å²) in [5.74, 6) is 0.406. The van der Waals surface area contributed by atoms with Crippen molar-refractivity contribution < 1.29 is 4.79 Å². The van der Waals surface area contributed by atoms with Gasteiger partial charge in [-0.25, -0.2) is 0 Å². The van der Waals surface area contributed by atoms with Crippen LogP contribution in [0, 0.1) is 0 Å². The van der Waals surface area contributed by atoms with Crippen LogP contribution in [0.15, 0.2) is 48.8 Å². The number of fused-ring (bicyclic) bond motifs is 1. The molecule has 3 rings (SSSR count). The number of aromatic nitrogens is 1. The normalized spacial score (nSPS) is 17.1. The molecule has 1 aromatic carbocycles. The number of nitrogens with zero attached hydrogens (tertiary/aromatic N) is 1. The lowest BCUT2D eigenvalue weighted by atomic mass is 9.74. The van der Waals surface area contributed by atoms with E-state index in [2.05, 4.69) is 17.1 Å². The van der Waals surface area contributed by atoms with Crippen LogP contribution < -0.4 is 0 Å². The maximum Gasteiger partial charge on any atom is 0.145 e. The molecule has 2 heteroatoms. The highest BCUT2D eigenvalue weighted by Gasteiger charge is 2.31. The van der Waals surface area contributed by atoms with E-state index in [1.165, 1.54) is 11.1 Å². The fourth-order valence-corrected chi connectivity index (χ4v) is 2.37. The summed E-state index contributed by atoms with van der Waals surface area (Å²) in [6.45, 7) is 0. The first-order valence-electron chi connectivity index (χ1n) is 5.84. The summed E-state index contributed by atoms with van der Waals surface area (Å²) >= 11 is 0. The molecule has 1 aromatic heterocycles. The summed E-state index contributed by atoms with van der Waals surface area (Å²) < 4.78 is 0. The van der Waals surface area contributed by atoms with Crippen LogP contribution in [-0.4, -0.2) is 10.8 Å². The van der Waals surface area contributed by atoms with Crippen molar-refractivity contribution in [3.8, 4) is 0 Å². The van der Waals surface area contributed by atoms with E-state index in [-0.39, 0.29) is 5.92 Å². The topological polar surface area (TPSA) is 30.0 Å². The largest absolute Gasteiger partial charge is 0.299 e. The second kappa shape index (κ2) is 4.13. The molecule has 0 N–H and O–H groups in total. The van der Waals surface area contributed by atoms with E-state index >= 15 is 0 Å². The van der Waals surface area contributed by atoms with E-state index in [1.54, 1.807) is 12.4 Å². The van der Waals surface area contributed by atoms with Gasteiger partial charge in [0.1, 0.15) is 5.78 Å². The lowest BCUT2D eigenvalue weighted by molar-refractivity contribution is -0.120. The quantitative estimate of drug-likeness (QED) is 0.800. The van der Waals surface area contributed by atoms with Gasteiger partial charge in [0.2, 0.25) is 0 Å². The Kier molecular flexibility index (Phi) is 2.48. The number of hydrogen-bond acceptors (Lipinski definition) is 2. The number of carbonyl (C=O) groups excluding carboxylic acids is 1. The minimum absolute atomic E-state index is 0.103. The Hall–Kier alpha value is -1.96. The van der Waals surface area contributed by atoms with Crippen LogP contribution in [0.3, 0.4) is 0 Å². The third-order valence-electron chi connectivity index (χ3n) is 3.34. The van der Waals surface area contributed by atoms with Crippen molar-refractivity contribution in [3.05, 3.63) is 65.5 Å². The van der Waals surface area contributed by atoms with Crippen LogP contribution in [0.5, 0.6) is 0 Å². The molecule has 0 saturated heterocycles. The number of ketones is 1.